The van der Waals surface area contributed by atoms with Crippen molar-refractivity contribution >= 4 is 12.2 Å². The van der Waals surface area contributed by atoms with E-state index in [1.54, 1.807) is 12.4 Å². The maximum atomic E-state index is 7.89. The number of amidine groups is 1. The number of hydrogen-bond donors (Lipinski definition) is 2. The van der Waals surface area contributed by atoms with Crippen LogP contribution in [0.3, 0.4) is 0 Å². The number of hydrogen-bond acceptors (Lipinski definition) is 6. The Bertz CT molecular complexity index is 1220. The molecule has 36 heavy (non-hydrogen) atoms. The molecule has 0 saturated carbocycles. The minimum absolute atomic E-state index is 0. The smallest absolute Gasteiger partial charge is 0.383 e. The standard InChI is InChI=1S/C25H34N10.Pt/c1-17(2)7-9-21(26)29-15-30-23-27-13-11-19(32-23)25(5,6)20-12-14-28-24(33-20)35-16-31-22(34-35)10-8-18(3)4;/h11-14,17-18H,7-10H2,1-6H3,(H2,26,27,29,30,32);/q-2;+2. The molecule has 3 heterocycles. The summed E-state index contributed by atoms with van der Waals surface area (Å²) >= 11 is 0. The number of nitrogens with one attached hydrogen (secondary N) is 2. The molecule has 0 aromatic carbocycles. The van der Waals surface area contributed by atoms with Crippen LogP contribution >= 0.6 is 0 Å². The summed E-state index contributed by atoms with van der Waals surface area (Å²) in [4.78, 5) is 29.1. The first-order valence-corrected chi connectivity index (χ1v) is 12.0. The van der Waals surface area contributed by atoms with Gasteiger partial charge in [0, 0.05) is 47.3 Å². The summed E-state index contributed by atoms with van der Waals surface area (Å²) in [6, 6.07) is 3.74. The van der Waals surface area contributed by atoms with Gasteiger partial charge in [-0.3, -0.25) is 15.0 Å². The van der Waals surface area contributed by atoms with Gasteiger partial charge in [0.15, 0.2) is 0 Å². The van der Waals surface area contributed by atoms with Gasteiger partial charge < -0.3 is 30.0 Å². The maximum absolute atomic E-state index is 7.89. The summed E-state index contributed by atoms with van der Waals surface area (Å²) < 4.78 is 1.49. The topological polar surface area (TPSA) is 134 Å². The van der Waals surface area contributed by atoms with Crippen molar-refractivity contribution in [3.05, 3.63) is 53.7 Å². The molecule has 194 valence electrons. The van der Waals surface area contributed by atoms with Crippen molar-refractivity contribution in [2.24, 2.45) is 21.8 Å². The summed E-state index contributed by atoms with van der Waals surface area (Å²) in [6.07, 6.45) is 12.2. The fraction of sp³-hybridized carbons (Fsp3) is 0.520. The number of rotatable bonds is 10. The summed E-state index contributed by atoms with van der Waals surface area (Å²) in [5.41, 5.74) is 1.34. The molecule has 2 N–H and O–H groups in total. The third kappa shape index (κ3) is 8.36. The van der Waals surface area contributed by atoms with E-state index in [9.17, 15) is 0 Å². The summed E-state index contributed by atoms with van der Waals surface area (Å²) in [6.45, 7) is 12.6. The van der Waals surface area contributed by atoms with E-state index in [4.69, 9.17) is 10.4 Å². The molecule has 11 heteroatoms. The molecule has 0 aliphatic carbocycles. The Balaban J connectivity index is 0.00000456. The van der Waals surface area contributed by atoms with Crippen molar-refractivity contribution in [1.29, 1.82) is 5.41 Å². The molecule has 10 nitrogen and oxygen atoms in total. The Morgan fingerprint density at radius 2 is 1.86 bits per heavy atom. The first-order chi connectivity index (χ1) is 16.6. The van der Waals surface area contributed by atoms with Crippen molar-refractivity contribution in [1.82, 2.24) is 34.7 Å². The zero-order valence-corrected chi connectivity index (χ0v) is 24.0. The van der Waals surface area contributed by atoms with Crippen molar-refractivity contribution < 1.29 is 21.1 Å². The molecule has 0 aliphatic rings. The van der Waals surface area contributed by atoms with Gasteiger partial charge in [0.25, 0.3) is 0 Å². The van der Waals surface area contributed by atoms with E-state index in [1.165, 1.54) is 4.68 Å². The van der Waals surface area contributed by atoms with E-state index in [0.717, 1.165) is 36.5 Å². The largest absolute Gasteiger partial charge is 2.00 e. The fourth-order valence-corrected chi connectivity index (χ4v) is 3.21. The van der Waals surface area contributed by atoms with Gasteiger partial charge in [-0.2, -0.15) is 0 Å². The zero-order chi connectivity index (χ0) is 25.4. The summed E-state index contributed by atoms with van der Waals surface area (Å²) in [7, 11) is 0. The van der Waals surface area contributed by atoms with Crippen LogP contribution in [0.4, 0.5) is 0 Å². The van der Waals surface area contributed by atoms with Gasteiger partial charge in [-0.1, -0.05) is 40.5 Å². The van der Waals surface area contributed by atoms with E-state index >= 15 is 0 Å². The van der Waals surface area contributed by atoms with Crippen molar-refractivity contribution in [3.63, 3.8) is 0 Å². The van der Waals surface area contributed by atoms with Crippen LogP contribution in [0, 0.1) is 23.6 Å². The number of aryl methyl sites for hydroxylation is 1. The number of aliphatic imine (C=N–C) groups is 1. The number of H-pyrrole nitrogens is 1. The average molecular weight is 670 g/mol. The quantitative estimate of drug-likeness (QED) is 0.193. The molecule has 0 radical (unpaired) electrons. The molecule has 0 aliphatic heterocycles. The molecule has 0 unspecified atom stereocenters. The second-order valence-electron chi connectivity index (χ2n) is 9.84. The second-order valence-corrected chi connectivity index (χ2v) is 9.84. The molecule has 0 spiro atoms. The van der Waals surface area contributed by atoms with Gasteiger partial charge in [-0.15, -0.1) is 0 Å². The van der Waals surface area contributed by atoms with Crippen LogP contribution < -0.4 is 5.62 Å². The molecule has 3 aromatic heterocycles. The van der Waals surface area contributed by atoms with E-state index in [2.05, 4.69) is 75.4 Å². The Hall–Kier alpha value is -2.87. The molecule has 0 atom stereocenters. The number of aromatic nitrogens is 7. The monoisotopic (exact) mass is 669 g/mol. The Morgan fingerprint density at radius 3 is 2.58 bits per heavy atom. The molecule has 0 bridgehead atoms. The van der Waals surface area contributed by atoms with Crippen LogP contribution in [-0.2, 0) is 32.9 Å². The Morgan fingerprint density at radius 1 is 1.14 bits per heavy atom. The van der Waals surface area contributed by atoms with E-state index in [1.807, 2.05) is 26.0 Å². The second kappa shape index (κ2) is 13.4. The van der Waals surface area contributed by atoms with Gasteiger partial charge in [0.2, 0.25) is 0 Å². The number of aromatic amines is 1. The molecule has 0 amide bonds. The molecule has 0 fully saturated rings. The Labute approximate surface area is 227 Å². The van der Waals surface area contributed by atoms with Crippen molar-refractivity contribution in [2.75, 3.05) is 0 Å². The van der Waals surface area contributed by atoms with Gasteiger partial charge in [0.05, 0.1) is 0 Å². The number of nitrogens with zero attached hydrogens (tertiary/aromatic N) is 8. The van der Waals surface area contributed by atoms with Gasteiger partial charge in [-0.05, 0) is 56.9 Å². The molecular weight excluding hydrogens is 635 g/mol. The maximum Gasteiger partial charge on any atom is 2.00 e. The third-order valence-electron chi connectivity index (χ3n) is 5.53. The van der Waals surface area contributed by atoms with Gasteiger partial charge >= 0.3 is 21.1 Å². The first-order valence-electron chi connectivity index (χ1n) is 12.0. The Kier molecular flexibility index (Phi) is 11.0. The van der Waals surface area contributed by atoms with Crippen LogP contribution in [0.5, 0.6) is 0 Å². The summed E-state index contributed by atoms with van der Waals surface area (Å²) in [5.74, 6) is 2.49. The predicted molar refractivity (Wildman–Crippen MR) is 134 cm³/mol. The average Bonchev–Trinajstić information content (AvgIpc) is 3.31. The summed E-state index contributed by atoms with van der Waals surface area (Å²) in [5, 5.41) is 12.4. The van der Waals surface area contributed by atoms with Gasteiger partial charge in [0.1, 0.15) is 11.6 Å². The van der Waals surface area contributed by atoms with Crippen molar-refractivity contribution in [2.45, 2.75) is 72.6 Å². The SMILES string of the molecule is CC(C)CCC(=N)N=[C-]N=c1nc(C(C)(C)c2ccnc(-n3[c-]nc(CCC(C)C)n3)n2)cc[nH]1.[Pt+2]. The van der Waals surface area contributed by atoms with E-state index in [0.29, 0.717) is 29.8 Å². The van der Waals surface area contributed by atoms with Crippen LogP contribution in [0.1, 0.15) is 78.0 Å². The third-order valence-corrected chi connectivity index (χ3v) is 5.53. The van der Waals surface area contributed by atoms with Crippen molar-refractivity contribution in [3.8, 4) is 5.95 Å². The molecule has 0 saturated heterocycles. The van der Waals surface area contributed by atoms with Gasteiger partial charge in [-0.25, -0.2) is 5.10 Å². The minimum atomic E-state index is -0.542. The minimum Gasteiger partial charge on any atom is -0.383 e. The molecular formula is C25H34N10Pt. The van der Waals surface area contributed by atoms with Crippen LogP contribution in [0.15, 0.2) is 34.5 Å². The van der Waals surface area contributed by atoms with Crippen LogP contribution in [0.2, 0.25) is 0 Å². The molecule has 3 rings (SSSR count). The van der Waals surface area contributed by atoms with Crippen LogP contribution in [-0.4, -0.2) is 46.9 Å². The predicted octanol–water partition coefficient (Wildman–Crippen LogP) is 3.71. The van der Waals surface area contributed by atoms with Crippen LogP contribution in [0.25, 0.3) is 5.95 Å². The first kappa shape index (κ1) is 29.4. The normalized spacial score (nSPS) is 12.5. The van der Waals surface area contributed by atoms with E-state index < -0.39 is 5.41 Å². The van der Waals surface area contributed by atoms with E-state index in [-0.39, 0.29) is 26.9 Å². The fourth-order valence-electron chi connectivity index (χ4n) is 3.21. The molecule has 3 aromatic rings. The zero-order valence-electron chi connectivity index (χ0n) is 21.7.